The number of para-hydroxylation sites is 1. The first kappa shape index (κ1) is 16.2. The van der Waals surface area contributed by atoms with Crippen LogP contribution in [0.25, 0.3) is 5.65 Å². The lowest BCUT2D eigenvalue weighted by Gasteiger charge is -2.11. The van der Waals surface area contributed by atoms with Gasteiger partial charge in [0.2, 0.25) is 0 Å². The lowest BCUT2D eigenvalue weighted by molar-refractivity contribution is -0.0503. The summed E-state index contributed by atoms with van der Waals surface area (Å²) in [5.41, 5.74) is 3.08. The van der Waals surface area contributed by atoms with E-state index < -0.39 is 6.61 Å². The molecule has 23 heavy (non-hydrogen) atoms. The Morgan fingerprint density at radius 1 is 1.35 bits per heavy atom. The van der Waals surface area contributed by atoms with Crippen molar-refractivity contribution in [3.8, 4) is 5.75 Å². The van der Waals surface area contributed by atoms with Crippen LogP contribution in [0.4, 0.5) is 8.78 Å². The van der Waals surface area contributed by atoms with Crippen LogP contribution < -0.4 is 4.74 Å². The smallest absolute Gasteiger partial charge is 0.387 e. The number of ether oxygens (including phenoxy) is 1. The van der Waals surface area contributed by atoms with Crippen molar-refractivity contribution in [1.29, 1.82) is 0 Å². The first-order valence-corrected chi connectivity index (χ1v) is 7.98. The van der Waals surface area contributed by atoms with E-state index in [0.29, 0.717) is 22.7 Å². The number of aromatic nitrogens is 2. The van der Waals surface area contributed by atoms with E-state index in [2.05, 4.69) is 25.7 Å². The van der Waals surface area contributed by atoms with Gasteiger partial charge in [-0.1, -0.05) is 29.8 Å². The second kappa shape index (κ2) is 6.45. The summed E-state index contributed by atoms with van der Waals surface area (Å²) in [4.78, 5) is 4.47. The van der Waals surface area contributed by atoms with Crippen molar-refractivity contribution in [3.05, 3.63) is 63.0 Å². The van der Waals surface area contributed by atoms with Crippen LogP contribution >= 0.6 is 27.5 Å². The highest BCUT2D eigenvalue weighted by atomic mass is 79.9. The minimum absolute atomic E-state index is 0.171. The van der Waals surface area contributed by atoms with Gasteiger partial charge in [0.1, 0.15) is 11.4 Å². The quantitative estimate of drug-likeness (QED) is 0.597. The molecule has 7 heteroatoms. The molecule has 2 aromatic heterocycles. The third kappa shape index (κ3) is 3.33. The molecule has 1 aromatic carbocycles. The van der Waals surface area contributed by atoms with Gasteiger partial charge in [-0.15, -0.1) is 0 Å². The lowest BCUT2D eigenvalue weighted by atomic mass is 10.1. The highest BCUT2D eigenvalue weighted by Gasteiger charge is 2.15. The zero-order valence-corrected chi connectivity index (χ0v) is 14.4. The molecular formula is C16H12BrClF2N2O. The molecule has 120 valence electrons. The van der Waals surface area contributed by atoms with Gasteiger partial charge in [0.05, 0.1) is 15.2 Å². The monoisotopic (exact) mass is 400 g/mol. The van der Waals surface area contributed by atoms with Crippen molar-refractivity contribution >= 4 is 33.2 Å². The van der Waals surface area contributed by atoms with E-state index >= 15 is 0 Å². The second-order valence-electron chi connectivity index (χ2n) is 5.00. The van der Waals surface area contributed by atoms with Gasteiger partial charge in [-0.25, -0.2) is 4.98 Å². The molecule has 2 heterocycles. The maximum absolute atomic E-state index is 12.5. The first-order valence-electron chi connectivity index (χ1n) is 6.81. The Morgan fingerprint density at radius 3 is 2.83 bits per heavy atom. The Kier molecular flexibility index (Phi) is 4.55. The van der Waals surface area contributed by atoms with Gasteiger partial charge in [0, 0.05) is 29.9 Å². The van der Waals surface area contributed by atoms with Crippen LogP contribution in [0.5, 0.6) is 5.75 Å². The summed E-state index contributed by atoms with van der Waals surface area (Å²) in [6.07, 6.45) is 2.24. The molecule has 0 aliphatic heterocycles. The minimum atomic E-state index is -2.85. The molecule has 0 atom stereocenters. The van der Waals surface area contributed by atoms with Crippen molar-refractivity contribution in [1.82, 2.24) is 9.38 Å². The summed E-state index contributed by atoms with van der Waals surface area (Å²) in [5, 5.41) is 0.565. The van der Waals surface area contributed by atoms with Gasteiger partial charge in [-0.05, 0) is 28.9 Å². The fraction of sp³-hybridized carbons (Fsp3) is 0.188. The summed E-state index contributed by atoms with van der Waals surface area (Å²) in [6.45, 7) is -0.979. The van der Waals surface area contributed by atoms with E-state index in [4.69, 9.17) is 11.6 Å². The molecule has 0 amide bonds. The van der Waals surface area contributed by atoms with Crippen molar-refractivity contribution in [2.24, 2.45) is 0 Å². The van der Waals surface area contributed by atoms with Crippen molar-refractivity contribution < 1.29 is 13.5 Å². The van der Waals surface area contributed by atoms with E-state index in [9.17, 15) is 8.78 Å². The van der Waals surface area contributed by atoms with Gasteiger partial charge in [-0.3, -0.25) is 0 Å². The fourth-order valence-electron chi connectivity index (χ4n) is 2.46. The number of halogens is 4. The molecule has 0 fully saturated rings. The summed E-state index contributed by atoms with van der Waals surface area (Å²) >= 11 is 9.48. The van der Waals surface area contributed by atoms with Crippen molar-refractivity contribution in [3.63, 3.8) is 0 Å². The van der Waals surface area contributed by atoms with E-state index in [0.717, 1.165) is 15.9 Å². The Bertz CT molecular complexity index is 867. The minimum Gasteiger partial charge on any atom is -0.435 e. The molecule has 0 saturated heterocycles. The number of fused-ring (bicyclic) bond motifs is 1. The standard InChI is InChI=1S/C16H12BrClF2N2O/c1-9-13(22-8-11(17)12(18)7-15(22)21-9)6-10-4-2-3-5-14(10)23-16(19)20/h2-5,7-8,16H,6H2,1H3. The van der Waals surface area contributed by atoms with E-state index in [-0.39, 0.29) is 5.75 Å². The molecule has 0 unspecified atom stereocenters. The topological polar surface area (TPSA) is 26.5 Å². The molecular weight excluding hydrogens is 390 g/mol. The number of pyridine rings is 1. The molecule has 0 bridgehead atoms. The average molecular weight is 402 g/mol. The lowest BCUT2D eigenvalue weighted by Crippen LogP contribution is -2.05. The van der Waals surface area contributed by atoms with Crippen LogP contribution in [0, 0.1) is 6.92 Å². The first-order chi connectivity index (χ1) is 11.0. The summed E-state index contributed by atoms with van der Waals surface area (Å²) < 4.78 is 32.3. The van der Waals surface area contributed by atoms with E-state index in [1.807, 2.05) is 17.5 Å². The largest absolute Gasteiger partial charge is 0.435 e. The molecule has 0 aliphatic carbocycles. The number of alkyl halides is 2. The normalized spacial score (nSPS) is 11.4. The number of rotatable bonds is 4. The van der Waals surface area contributed by atoms with E-state index in [1.54, 1.807) is 24.3 Å². The summed E-state index contributed by atoms with van der Waals surface area (Å²) in [6, 6.07) is 8.51. The Labute approximate surface area is 145 Å². The fourth-order valence-corrected chi connectivity index (χ4v) is 2.93. The van der Waals surface area contributed by atoms with Gasteiger partial charge < -0.3 is 9.14 Å². The van der Waals surface area contributed by atoms with Gasteiger partial charge >= 0.3 is 6.61 Å². The SMILES string of the molecule is Cc1nc2cc(Cl)c(Br)cn2c1Cc1ccccc1OC(F)F. The van der Waals surface area contributed by atoms with Crippen molar-refractivity contribution in [2.75, 3.05) is 0 Å². The van der Waals surface area contributed by atoms with Crippen LogP contribution in [0.15, 0.2) is 41.0 Å². The zero-order valence-electron chi connectivity index (χ0n) is 12.1. The number of hydrogen-bond acceptors (Lipinski definition) is 2. The van der Waals surface area contributed by atoms with Crippen molar-refractivity contribution in [2.45, 2.75) is 20.0 Å². The molecule has 0 aliphatic rings. The van der Waals surface area contributed by atoms with Crippen LogP contribution in [-0.2, 0) is 6.42 Å². The average Bonchev–Trinajstić information content (AvgIpc) is 2.77. The number of nitrogens with zero attached hydrogens (tertiary/aromatic N) is 2. The maximum Gasteiger partial charge on any atom is 0.387 e. The predicted molar refractivity (Wildman–Crippen MR) is 88.5 cm³/mol. The summed E-state index contributed by atoms with van der Waals surface area (Å²) in [5.74, 6) is 0.171. The van der Waals surface area contributed by atoms with Crippen LogP contribution in [-0.4, -0.2) is 16.0 Å². The number of benzene rings is 1. The highest BCUT2D eigenvalue weighted by Crippen LogP contribution is 2.28. The molecule has 0 N–H and O–H groups in total. The maximum atomic E-state index is 12.5. The van der Waals surface area contributed by atoms with Crippen LogP contribution in [0.3, 0.4) is 0 Å². The summed E-state index contributed by atoms with van der Waals surface area (Å²) in [7, 11) is 0. The Balaban J connectivity index is 2.05. The second-order valence-corrected chi connectivity index (χ2v) is 6.27. The van der Waals surface area contributed by atoms with E-state index in [1.165, 1.54) is 6.07 Å². The molecule has 0 saturated carbocycles. The molecule has 3 aromatic rings. The third-order valence-electron chi connectivity index (χ3n) is 3.51. The third-order valence-corrected chi connectivity index (χ3v) is 4.68. The molecule has 3 nitrogen and oxygen atoms in total. The number of hydrogen-bond donors (Lipinski definition) is 0. The van der Waals surface area contributed by atoms with Crippen LogP contribution in [0.1, 0.15) is 17.0 Å². The number of imidazole rings is 1. The zero-order chi connectivity index (χ0) is 16.6. The number of aryl methyl sites for hydroxylation is 1. The van der Waals surface area contributed by atoms with Crippen LogP contribution in [0.2, 0.25) is 5.02 Å². The highest BCUT2D eigenvalue weighted by molar-refractivity contribution is 9.10. The molecule has 0 radical (unpaired) electrons. The van der Waals surface area contributed by atoms with Gasteiger partial charge in [-0.2, -0.15) is 8.78 Å². The molecule has 3 rings (SSSR count). The van der Waals surface area contributed by atoms with Gasteiger partial charge in [0.25, 0.3) is 0 Å². The predicted octanol–water partition coefficient (Wildman–Crippen LogP) is 5.25. The Morgan fingerprint density at radius 2 is 2.09 bits per heavy atom. The van der Waals surface area contributed by atoms with Gasteiger partial charge in [0.15, 0.2) is 0 Å². The Hall–Kier alpha value is -1.66. The molecule has 0 spiro atoms.